The Morgan fingerprint density at radius 3 is 3.24 bits per heavy atom. The van der Waals surface area contributed by atoms with E-state index in [1.807, 2.05) is 0 Å². The van der Waals surface area contributed by atoms with E-state index in [2.05, 4.69) is 20.9 Å². The van der Waals surface area contributed by atoms with Crippen LogP contribution in [-0.4, -0.2) is 53.3 Å². The number of hydrogen-bond donors (Lipinski definition) is 1. The van der Waals surface area contributed by atoms with Crippen molar-refractivity contribution in [2.24, 2.45) is 0 Å². The molecule has 1 unspecified atom stereocenters. The van der Waals surface area contributed by atoms with Crippen LogP contribution in [0.2, 0.25) is 0 Å². The number of ether oxygens (including phenoxy) is 1. The molecular weight excluding hydrogens is 288 g/mol. The first-order valence-electron chi connectivity index (χ1n) is 5.34. The number of carbonyl (C=O) groups excluding carboxylic acids is 1. The molecule has 1 fully saturated rings. The number of aliphatic hydroxyl groups excluding tert-OH is 1. The standard InChI is InChI=1S/C11H13BrN2O3/c12-9-2-1-3-13-10(9)11(16)14-4-5-17-8(6-14)7-15/h1-3,8,15H,4-7H2. The quantitative estimate of drug-likeness (QED) is 0.872. The van der Waals surface area contributed by atoms with Crippen LogP contribution in [0.25, 0.3) is 0 Å². The molecular formula is C11H13BrN2O3. The summed E-state index contributed by atoms with van der Waals surface area (Å²) < 4.78 is 5.98. The molecule has 0 aromatic carbocycles. The molecule has 1 N–H and O–H groups in total. The Morgan fingerprint density at radius 2 is 2.53 bits per heavy atom. The first kappa shape index (κ1) is 12.5. The topological polar surface area (TPSA) is 62.7 Å². The number of rotatable bonds is 2. The van der Waals surface area contributed by atoms with Gasteiger partial charge in [-0.05, 0) is 28.1 Å². The monoisotopic (exact) mass is 300 g/mol. The number of aromatic nitrogens is 1. The molecule has 1 aromatic rings. The molecule has 6 heteroatoms. The van der Waals surface area contributed by atoms with Crippen molar-refractivity contribution < 1.29 is 14.6 Å². The van der Waals surface area contributed by atoms with Crippen LogP contribution in [-0.2, 0) is 4.74 Å². The van der Waals surface area contributed by atoms with E-state index < -0.39 is 0 Å². The van der Waals surface area contributed by atoms with E-state index in [9.17, 15) is 4.79 Å². The first-order chi connectivity index (χ1) is 8.22. The molecule has 92 valence electrons. The molecule has 0 radical (unpaired) electrons. The molecule has 1 aliphatic heterocycles. The summed E-state index contributed by atoms with van der Waals surface area (Å²) in [6.07, 6.45) is 1.29. The van der Waals surface area contributed by atoms with Gasteiger partial charge in [0.25, 0.3) is 5.91 Å². The third-order valence-corrected chi connectivity index (χ3v) is 3.23. The van der Waals surface area contributed by atoms with Crippen molar-refractivity contribution in [2.75, 3.05) is 26.3 Å². The average Bonchev–Trinajstić information content (AvgIpc) is 2.38. The van der Waals surface area contributed by atoms with E-state index in [1.54, 1.807) is 23.2 Å². The summed E-state index contributed by atoms with van der Waals surface area (Å²) in [6, 6.07) is 3.54. The molecule has 0 saturated carbocycles. The van der Waals surface area contributed by atoms with Crippen molar-refractivity contribution >= 4 is 21.8 Å². The molecule has 1 aliphatic rings. The summed E-state index contributed by atoms with van der Waals surface area (Å²) in [6.45, 7) is 1.30. The van der Waals surface area contributed by atoms with Crippen LogP contribution in [0.1, 0.15) is 10.5 Å². The Balaban J connectivity index is 2.12. The zero-order valence-electron chi connectivity index (χ0n) is 9.17. The molecule has 17 heavy (non-hydrogen) atoms. The molecule has 1 aromatic heterocycles. The molecule has 2 rings (SSSR count). The molecule has 0 aliphatic carbocycles. The van der Waals surface area contributed by atoms with Crippen molar-refractivity contribution in [2.45, 2.75) is 6.10 Å². The molecule has 1 amide bonds. The van der Waals surface area contributed by atoms with Crippen LogP contribution in [0.3, 0.4) is 0 Å². The number of hydrogen-bond acceptors (Lipinski definition) is 4. The fourth-order valence-corrected chi connectivity index (χ4v) is 2.13. The summed E-state index contributed by atoms with van der Waals surface area (Å²) in [5, 5.41) is 9.03. The number of aliphatic hydroxyl groups is 1. The molecule has 0 spiro atoms. The third-order valence-electron chi connectivity index (χ3n) is 2.59. The van der Waals surface area contributed by atoms with E-state index >= 15 is 0 Å². The fraction of sp³-hybridized carbons (Fsp3) is 0.455. The number of halogens is 1. The van der Waals surface area contributed by atoms with Gasteiger partial charge in [0.05, 0.1) is 19.3 Å². The van der Waals surface area contributed by atoms with Crippen LogP contribution in [0.4, 0.5) is 0 Å². The molecule has 0 bridgehead atoms. The van der Waals surface area contributed by atoms with Gasteiger partial charge < -0.3 is 14.7 Å². The number of carbonyl (C=O) groups is 1. The largest absolute Gasteiger partial charge is 0.394 e. The average molecular weight is 301 g/mol. The molecule has 1 atom stereocenters. The highest BCUT2D eigenvalue weighted by Crippen LogP contribution is 2.17. The molecule has 5 nitrogen and oxygen atoms in total. The van der Waals surface area contributed by atoms with E-state index in [4.69, 9.17) is 9.84 Å². The predicted molar refractivity (Wildman–Crippen MR) is 64.7 cm³/mol. The van der Waals surface area contributed by atoms with Crippen molar-refractivity contribution in [3.63, 3.8) is 0 Å². The molecule has 2 heterocycles. The van der Waals surface area contributed by atoms with E-state index in [1.165, 1.54) is 0 Å². The summed E-state index contributed by atoms with van der Waals surface area (Å²) >= 11 is 3.31. The van der Waals surface area contributed by atoms with Gasteiger partial charge in [0.1, 0.15) is 5.69 Å². The minimum absolute atomic E-state index is 0.0762. The maximum absolute atomic E-state index is 12.2. The van der Waals surface area contributed by atoms with E-state index in [0.29, 0.717) is 29.9 Å². The van der Waals surface area contributed by atoms with Gasteiger partial charge in [-0.15, -0.1) is 0 Å². The number of nitrogens with zero attached hydrogens (tertiary/aromatic N) is 2. The highest BCUT2D eigenvalue weighted by atomic mass is 79.9. The SMILES string of the molecule is O=C(c1ncccc1Br)N1CCOC(CO)C1. The van der Waals surface area contributed by atoms with Gasteiger partial charge in [-0.2, -0.15) is 0 Å². The lowest BCUT2D eigenvalue weighted by atomic mass is 10.2. The van der Waals surface area contributed by atoms with Gasteiger partial charge >= 0.3 is 0 Å². The van der Waals surface area contributed by atoms with Crippen molar-refractivity contribution in [3.8, 4) is 0 Å². The normalized spacial score (nSPS) is 20.4. The third kappa shape index (κ3) is 2.83. The van der Waals surface area contributed by atoms with Crippen LogP contribution < -0.4 is 0 Å². The summed E-state index contributed by atoms with van der Waals surface area (Å²) in [5.41, 5.74) is 0.395. The number of amides is 1. The molecule has 1 saturated heterocycles. The Hall–Kier alpha value is -0.980. The van der Waals surface area contributed by atoms with Crippen molar-refractivity contribution in [3.05, 3.63) is 28.5 Å². The summed E-state index contributed by atoms with van der Waals surface area (Å²) in [5.74, 6) is -0.140. The van der Waals surface area contributed by atoms with Gasteiger partial charge in [0, 0.05) is 23.8 Å². The second-order valence-electron chi connectivity index (χ2n) is 3.76. The van der Waals surface area contributed by atoms with E-state index in [-0.39, 0.29) is 18.6 Å². The van der Waals surface area contributed by atoms with Crippen molar-refractivity contribution in [1.29, 1.82) is 0 Å². The maximum Gasteiger partial charge on any atom is 0.273 e. The second kappa shape index (κ2) is 5.57. The lowest BCUT2D eigenvalue weighted by molar-refractivity contribution is -0.0448. The fourth-order valence-electron chi connectivity index (χ4n) is 1.71. The van der Waals surface area contributed by atoms with E-state index in [0.717, 1.165) is 0 Å². The highest BCUT2D eigenvalue weighted by molar-refractivity contribution is 9.10. The second-order valence-corrected chi connectivity index (χ2v) is 4.61. The zero-order chi connectivity index (χ0) is 12.3. The minimum Gasteiger partial charge on any atom is -0.394 e. The smallest absolute Gasteiger partial charge is 0.273 e. The lowest BCUT2D eigenvalue weighted by Gasteiger charge is -2.31. The van der Waals surface area contributed by atoms with Crippen LogP contribution in [0.5, 0.6) is 0 Å². The van der Waals surface area contributed by atoms with Gasteiger partial charge in [0.15, 0.2) is 0 Å². The Kier molecular flexibility index (Phi) is 4.09. The van der Waals surface area contributed by atoms with Crippen molar-refractivity contribution in [1.82, 2.24) is 9.88 Å². The van der Waals surface area contributed by atoms with Gasteiger partial charge in [-0.25, -0.2) is 4.98 Å². The number of morpholine rings is 1. The van der Waals surface area contributed by atoms with Gasteiger partial charge in [-0.1, -0.05) is 0 Å². The Labute approximate surface area is 108 Å². The van der Waals surface area contributed by atoms with Crippen LogP contribution in [0, 0.1) is 0 Å². The predicted octanol–water partition coefficient (Wildman–Crippen LogP) is 0.677. The summed E-state index contributed by atoms with van der Waals surface area (Å²) in [4.78, 5) is 17.9. The first-order valence-corrected chi connectivity index (χ1v) is 6.14. The lowest BCUT2D eigenvalue weighted by Crippen LogP contribution is -2.47. The zero-order valence-corrected chi connectivity index (χ0v) is 10.8. The maximum atomic E-state index is 12.2. The van der Waals surface area contributed by atoms with Gasteiger partial charge in [-0.3, -0.25) is 4.79 Å². The van der Waals surface area contributed by atoms with Crippen LogP contribution in [0.15, 0.2) is 22.8 Å². The van der Waals surface area contributed by atoms with Crippen LogP contribution >= 0.6 is 15.9 Å². The number of pyridine rings is 1. The highest BCUT2D eigenvalue weighted by Gasteiger charge is 2.26. The Morgan fingerprint density at radius 1 is 1.71 bits per heavy atom. The summed E-state index contributed by atoms with van der Waals surface area (Å²) in [7, 11) is 0. The Bertz CT molecular complexity index is 413. The van der Waals surface area contributed by atoms with Gasteiger partial charge in [0.2, 0.25) is 0 Å². The minimum atomic E-state index is -0.296.